The molecule has 0 aliphatic carbocycles. The zero-order chi connectivity index (χ0) is 22.2. The second kappa shape index (κ2) is 8.71. The van der Waals surface area contributed by atoms with Gasteiger partial charge in [-0.3, -0.25) is 14.2 Å². The number of nitrogens with one attached hydrogen (secondary N) is 1. The molecule has 0 saturated heterocycles. The number of primary amides is 1. The number of halogens is 3. The van der Waals surface area contributed by atoms with E-state index < -0.39 is 17.9 Å². The van der Waals surface area contributed by atoms with E-state index in [2.05, 4.69) is 10.4 Å². The number of carbonyl (C=O) groups excluding carboxylic acids is 2. The Balaban J connectivity index is 2.15. The minimum Gasteiger partial charge on any atom is -0.368 e. The lowest BCUT2D eigenvalue weighted by atomic mass is 10.0. The highest BCUT2D eigenvalue weighted by Gasteiger charge is 2.27. The van der Waals surface area contributed by atoms with Crippen LogP contribution in [-0.4, -0.2) is 32.2 Å². The molecule has 3 aromatic rings. The summed E-state index contributed by atoms with van der Waals surface area (Å²) < 4.78 is 3.24. The Kier molecular flexibility index (Phi) is 6.45. The Morgan fingerprint density at radius 3 is 2.37 bits per heavy atom. The van der Waals surface area contributed by atoms with Crippen LogP contribution in [0.2, 0.25) is 15.2 Å². The molecule has 7 nitrogen and oxygen atoms in total. The highest BCUT2D eigenvalue weighted by atomic mass is 35.5. The Bertz CT molecular complexity index is 1120. The van der Waals surface area contributed by atoms with Crippen LogP contribution in [0.5, 0.6) is 0 Å². The molecule has 10 heteroatoms. The number of benzene rings is 1. The summed E-state index contributed by atoms with van der Waals surface area (Å²) in [7, 11) is 0. The summed E-state index contributed by atoms with van der Waals surface area (Å²) in [5, 5.41) is 8.32. The van der Waals surface area contributed by atoms with Crippen LogP contribution in [0.15, 0.2) is 36.5 Å². The molecule has 0 aliphatic rings. The molecule has 2 heterocycles. The van der Waals surface area contributed by atoms with Gasteiger partial charge in [-0.1, -0.05) is 48.7 Å². The summed E-state index contributed by atoms with van der Waals surface area (Å²) in [6.07, 6.45) is 1.75. The third-order valence-electron chi connectivity index (χ3n) is 4.64. The molecular formula is C20H20Cl3N5O2. The zero-order valence-corrected chi connectivity index (χ0v) is 18.8. The maximum absolute atomic E-state index is 13.0. The van der Waals surface area contributed by atoms with Gasteiger partial charge in [0, 0.05) is 11.8 Å². The first-order valence-electron chi connectivity index (χ1n) is 9.10. The van der Waals surface area contributed by atoms with E-state index in [1.165, 1.54) is 0 Å². The Labute approximate surface area is 188 Å². The number of hydrogen-bond acceptors (Lipinski definition) is 3. The topological polar surface area (TPSA) is 94.9 Å². The predicted molar refractivity (Wildman–Crippen MR) is 118 cm³/mol. The van der Waals surface area contributed by atoms with Gasteiger partial charge in [0.1, 0.15) is 17.0 Å². The third kappa shape index (κ3) is 4.19. The standard InChI is InChI=1S/C20H20Cl3N5O2/c1-10(2)16(18(24)29)25-19(30)17-11(3)20(27-8-4-5-15(27)23)28(26-17)12-6-7-13(21)14(22)9-12/h4-10,16H,1-3H3,(H2,24,29)(H,25,30)/t16-/m0/s1. The van der Waals surface area contributed by atoms with Crippen molar-refractivity contribution in [3.05, 3.63) is 63.0 Å². The molecule has 0 aliphatic heterocycles. The molecule has 30 heavy (non-hydrogen) atoms. The van der Waals surface area contributed by atoms with Crippen molar-refractivity contribution in [3.8, 4) is 11.5 Å². The number of carbonyl (C=O) groups is 2. The number of rotatable bonds is 6. The van der Waals surface area contributed by atoms with Gasteiger partial charge in [0.05, 0.1) is 15.7 Å². The minimum absolute atomic E-state index is 0.132. The molecule has 0 fully saturated rings. The van der Waals surface area contributed by atoms with Crippen molar-refractivity contribution in [2.45, 2.75) is 26.8 Å². The predicted octanol–water partition coefficient (Wildman–Crippen LogP) is 4.17. The van der Waals surface area contributed by atoms with Gasteiger partial charge in [-0.25, -0.2) is 4.68 Å². The quantitative estimate of drug-likeness (QED) is 0.568. The van der Waals surface area contributed by atoms with Gasteiger partial charge in [-0.2, -0.15) is 5.10 Å². The number of amides is 2. The van der Waals surface area contributed by atoms with Crippen molar-refractivity contribution in [2.24, 2.45) is 11.7 Å². The van der Waals surface area contributed by atoms with Crippen molar-refractivity contribution in [1.82, 2.24) is 19.7 Å². The monoisotopic (exact) mass is 467 g/mol. The van der Waals surface area contributed by atoms with E-state index in [0.717, 1.165) is 0 Å². The van der Waals surface area contributed by atoms with Crippen molar-refractivity contribution in [3.63, 3.8) is 0 Å². The SMILES string of the molecule is Cc1c(C(=O)N[C@H](C(N)=O)C(C)C)nn(-c2ccc(Cl)c(Cl)c2)c1-n1cccc1Cl. The van der Waals surface area contributed by atoms with Crippen molar-refractivity contribution in [2.75, 3.05) is 0 Å². The molecule has 3 rings (SSSR count). The lowest BCUT2D eigenvalue weighted by Gasteiger charge is -2.18. The fourth-order valence-electron chi connectivity index (χ4n) is 3.09. The van der Waals surface area contributed by atoms with Gasteiger partial charge >= 0.3 is 0 Å². The van der Waals surface area contributed by atoms with Crippen LogP contribution < -0.4 is 11.1 Å². The Morgan fingerprint density at radius 2 is 1.83 bits per heavy atom. The maximum Gasteiger partial charge on any atom is 0.272 e. The van der Waals surface area contributed by atoms with Crippen LogP contribution in [0.25, 0.3) is 11.5 Å². The molecule has 3 N–H and O–H groups in total. The van der Waals surface area contributed by atoms with Gasteiger partial charge in [0.15, 0.2) is 5.69 Å². The first-order chi connectivity index (χ1) is 14.1. The first kappa shape index (κ1) is 22.2. The van der Waals surface area contributed by atoms with Crippen LogP contribution >= 0.6 is 34.8 Å². The van der Waals surface area contributed by atoms with E-state index in [0.29, 0.717) is 32.3 Å². The third-order valence-corrected chi connectivity index (χ3v) is 5.69. The average Bonchev–Trinajstić information content (AvgIpc) is 3.24. The maximum atomic E-state index is 13.0. The molecule has 0 radical (unpaired) electrons. The molecule has 2 aromatic heterocycles. The molecular weight excluding hydrogens is 449 g/mol. The van der Waals surface area contributed by atoms with E-state index in [1.54, 1.807) is 66.5 Å². The van der Waals surface area contributed by atoms with Crippen LogP contribution in [0, 0.1) is 12.8 Å². The summed E-state index contributed by atoms with van der Waals surface area (Å²) >= 11 is 18.6. The van der Waals surface area contributed by atoms with Crippen LogP contribution in [0.1, 0.15) is 29.9 Å². The fourth-order valence-corrected chi connectivity index (χ4v) is 3.59. The molecule has 0 bridgehead atoms. The van der Waals surface area contributed by atoms with Crippen molar-refractivity contribution < 1.29 is 9.59 Å². The molecule has 1 aromatic carbocycles. The second-order valence-corrected chi connectivity index (χ2v) is 8.31. The zero-order valence-electron chi connectivity index (χ0n) is 16.5. The Morgan fingerprint density at radius 1 is 1.13 bits per heavy atom. The van der Waals surface area contributed by atoms with Crippen LogP contribution in [0.4, 0.5) is 0 Å². The van der Waals surface area contributed by atoms with Gasteiger partial charge in [0.2, 0.25) is 5.91 Å². The highest BCUT2D eigenvalue weighted by Crippen LogP contribution is 2.29. The number of aromatic nitrogens is 3. The summed E-state index contributed by atoms with van der Waals surface area (Å²) in [5.41, 5.74) is 6.70. The fraction of sp³-hybridized carbons (Fsp3) is 0.250. The highest BCUT2D eigenvalue weighted by molar-refractivity contribution is 6.42. The van der Waals surface area contributed by atoms with E-state index in [1.807, 2.05) is 0 Å². The van der Waals surface area contributed by atoms with Gasteiger partial charge in [-0.15, -0.1) is 0 Å². The lowest BCUT2D eigenvalue weighted by Crippen LogP contribution is -2.47. The molecule has 1 atom stereocenters. The molecule has 158 valence electrons. The first-order valence-corrected chi connectivity index (χ1v) is 10.2. The number of nitrogens with zero attached hydrogens (tertiary/aromatic N) is 3. The van der Waals surface area contributed by atoms with E-state index >= 15 is 0 Å². The van der Waals surface area contributed by atoms with Gasteiger partial charge in [-0.05, 0) is 43.2 Å². The largest absolute Gasteiger partial charge is 0.368 e. The van der Waals surface area contributed by atoms with Crippen LogP contribution in [-0.2, 0) is 4.79 Å². The summed E-state index contributed by atoms with van der Waals surface area (Å²) in [6, 6.07) is 7.66. The molecule has 0 spiro atoms. The van der Waals surface area contributed by atoms with Crippen LogP contribution in [0.3, 0.4) is 0 Å². The smallest absolute Gasteiger partial charge is 0.272 e. The van der Waals surface area contributed by atoms with E-state index in [4.69, 9.17) is 40.5 Å². The number of hydrogen-bond donors (Lipinski definition) is 2. The van der Waals surface area contributed by atoms with Gasteiger partial charge in [0.25, 0.3) is 5.91 Å². The summed E-state index contributed by atoms with van der Waals surface area (Å²) in [5.74, 6) is -0.766. The lowest BCUT2D eigenvalue weighted by molar-refractivity contribution is -0.120. The molecule has 0 saturated carbocycles. The molecule has 2 amide bonds. The molecule has 0 unspecified atom stereocenters. The van der Waals surface area contributed by atoms with E-state index in [9.17, 15) is 9.59 Å². The van der Waals surface area contributed by atoms with Gasteiger partial charge < -0.3 is 11.1 Å². The van der Waals surface area contributed by atoms with E-state index in [-0.39, 0.29) is 11.6 Å². The average molecular weight is 469 g/mol. The Hall–Kier alpha value is -2.48. The van der Waals surface area contributed by atoms with Crippen molar-refractivity contribution >= 4 is 46.6 Å². The minimum atomic E-state index is -0.828. The summed E-state index contributed by atoms with van der Waals surface area (Å²) in [6.45, 7) is 5.33. The van der Waals surface area contributed by atoms with Crippen molar-refractivity contribution in [1.29, 1.82) is 0 Å². The summed E-state index contributed by atoms with van der Waals surface area (Å²) in [4.78, 5) is 24.7. The normalized spacial score (nSPS) is 12.2. The number of nitrogens with two attached hydrogens (primary N) is 1. The second-order valence-electron chi connectivity index (χ2n) is 7.11.